The summed E-state index contributed by atoms with van der Waals surface area (Å²) in [5, 5.41) is 3.22. The van der Waals surface area contributed by atoms with Crippen LogP contribution in [0.25, 0.3) is 0 Å². The lowest BCUT2D eigenvalue weighted by Crippen LogP contribution is -2.27. The smallest absolute Gasteiger partial charge is 0.251 e. The molecule has 0 saturated carbocycles. The van der Waals surface area contributed by atoms with E-state index in [0.717, 1.165) is 35.3 Å². The Morgan fingerprint density at radius 1 is 1.06 bits per heavy atom. The number of hydrogen-bond acceptors (Lipinski definition) is 4. The largest absolute Gasteiger partial charge is 0.365 e. The molecule has 6 heteroatoms. The molecule has 33 heavy (non-hydrogen) atoms. The maximum Gasteiger partial charge on any atom is 0.251 e. The van der Waals surface area contributed by atoms with E-state index in [1.165, 1.54) is 28.0 Å². The molecule has 0 aliphatic heterocycles. The fraction of sp³-hybridized carbons (Fsp3) is 0.333. The number of nitrogens with two attached hydrogens (primary N) is 1. The number of benzene rings is 2. The third-order valence-electron chi connectivity index (χ3n) is 6.31. The molecule has 1 aromatic heterocycles. The van der Waals surface area contributed by atoms with Crippen LogP contribution in [0.1, 0.15) is 58.8 Å². The Hall–Kier alpha value is -2.57. The van der Waals surface area contributed by atoms with Gasteiger partial charge in [0.25, 0.3) is 5.91 Å². The molecule has 172 valence electrons. The van der Waals surface area contributed by atoms with Gasteiger partial charge in [0.1, 0.15) is 10.3 Å². The number of nitrogens with one attached hydrogen (secondary N) is 1. The van der Waals surface area contributed by atoms with Crippen LogP contribution in [0.5, 0.6) is 0 Å². The van der Waals surface area contributed by atoms with Gasteiger partial charge in [0.15, 0.2) is 0 Å². The highest BCUT2D eigenvalue weighted by Gasteiger charge is 2.34. The first-order chi connectivity index (χ1) is 15.7. The molecule has 2 amide bonds. The van der Waals surface area contributed by atoms with Gasteiger partial charge < -0.3 is 11.1 Å². The molecule has 3 aromatic rings. The van der Waals surface area contributed by atoms with Crippen LogP contribution < -0.4 is 11.1 Å². The second-order valence-electron chi connectivity index (χ2n) is 9.59. The van der Waals surface area contributed by atoms with Crippen molar-refractivity contribution >= 4 is 39.9 Å². The molecule has 1 aliphatic rings. The number of fused-ring (bicyclic) bond motifs is 1. The Kier molecular flexibility index (Phi) is 6.96. The first kappa shape index (κ1) is 23.6. The average Bonchev–Trinajstić information content (AvgIpc) is 3.15. The van der Waals surface area contributed by atoms with Crippen molar-refractivity contribution in [2.24, 2.45) is 17.1 Å². The molecule has 0 radical (unpaired) electrons. The van der Waals surface area contributed by atoms with E-state index in [9.17, 15) is 9.59 Å². The number of hydrogen-bond donors (Lipinski definition) is 2. The van der Waals surface area contributed by atoms with E-state index < -0.39 is 11.2 Å². The van der Waals surface area contributed by atoms with Crippen molar-refractivity contribution in [2.75, 3.05) is 5.32 Å². The van der Waals surface area contributed by atoms with E-state index in [1.807, 2.05) is 60.7 Å². The van der Waals surface area contributed by atoms with E-state index >= 15 is 0 Å². The van der Waals surface area contributed by atoms with Crippen LogP contribution in [0, 0.1) is 11.3 Å². The van der Waals surface area contributed by atoms with Gasteiger partial charge >= 0.3 is 0 Å². The molecule has 1 aliphatic carbocycles. The summed E-state index contributed by atoms with van der Waals surface area (Å²) in [6.45, 7) is 6.79. The molecule has 0 saturated heterocycles. The number of primary amides is 1. The second kappa shape index (κ2) is 9.74. The van der Waals surface area contributed by atoms with Crippen molar-refractivity contribution in [1.29, 1.82) is 0 Å². The van der Waals surface area contributed by atoms with Crippen LogP contribution >= 0.6 is 23.1 Å². The predicted octanol–water partition coefficient (Wildman–Crippen LogP) is 6.47. The van der Waals surface area contributed by atoms with Gasteiger partial charge in [-0.05, 0) is 53.9 Å². The molecule has 2 aromatic carbocycles. The molecule has 2 atom stereocenters. The molecule has 1 heterocycles. The molecule has 0 spiro atoms. The number of thioether (sulfide) groups is 1. The minimum atomic E-state index is -0.469. The number of carbonyl (C=O) groups excluding carboxylic acids is 2. The van der Waals surface area contributed by atoms with Gasteiger partial charge in [-0.2, -0.15) is 0 Å². The molecule has 0 bridgehead atoms. The first-order valence-electron chi connectivity index (χ1n) is 11.3. The average molecular weight is 479 g/mol. The number of rotatable bonds is 6. The zero-order chi connectivity index (χ0) is 23.6. The summed E-state index contributed by atoms with van der Waals surface area (Å²) in [5.41, 5.74) is 8.43. The van der Waals surface area contributed by atoms with Crippen molar-refractivity contribution in [1.82, 2.24) is 0 Å². The Morgan fingerprint density at radius 2 is 1.70 bits per heavy atom. The molecule has 2 unspecified atom stereocenters. The summed E-state index contributed by atoms with van der Waals surface area (Å²) in [4.78, 5) is 28.2. The molecule has 0 fully saturated rings. The third-order valence-corrected chi connectivity index (χ3v) is 8.75. The first-order valence-corrected chi connectivity index (χ1v) is 13.0. The standard InChI is InChI=1S/C27H30N2O2S2/c1-27(2,3)18-14-15-20-21(16-18)33-26(22(20)24(28)30)29-25(31)23(17-10-6-4-7-11-17)32-19-12-8-5-9-13-19/h4-13,18,23H,14-16H2,1-3H3,(H2,28,30)(H,29,31). The summed E-state index contributed by atoms with van der Waals surface area (Å²) >= 11 is 3.01. The number of anilines is 1. The SMILES string of the molecule is CC(C)(C)C1CCc2c(sc(NC(=O)C(Sc3ccccc3)c3ccccc3)c2C(N)=O)C1. The van der Waals surface area contributed by atoms with Crippen LogP contribution in [0.15, 0.2) is 65.6 Å². The van der Waals surface area contributed by atoms with E-state index in [2.05, 4.69) is 26.1 Å². The van der Waals surface area contributed by atoms with Gasteiger partial charge in [-0.1, -0.05) is 69.3 Å². The minimum Gasteiger partial charge on any atom is -0.365 e. The van der Waals surface area contributed by atoms with Crippen molar-refractivity contribution in [3.05, 3.63) is 82.2 Å². The lowest BCUT2D eigenvalue weighted by Gasteiger charge is -2.33. The van der Waals surface area contributed by atoms with Crippen LogP contribution in [-0.4, -0.2) is 11.8 Å². The highest BCUT2D eigenvalue weighted by molar-refractivity contribution is 8.00. The topological polar surface area (TPSA) is 72.2 Å². The molecular formula is C27H30N2O2S2. The van der Waals surface area contributed by atoms with Gasteiger partial charge in [-0.25, -0.2) is 0 Å². The van der Waals surface area contributed by atoms with Crippen molar-refractivity contribution < 1.29 is 9.59 Å². The normalized spacial score (nSPS) is 16.6. The third kappa shape index (κ3) is 5.33. The van der Waals surface area contributed by atoms with Gasteiger partial charge in [0, 0.05) is 9.77 Å². The highest BCUT2D eigenvalue weighted by atomic mass is 32.2. The number of carbonyl (C=O) groups is 2. The van der Waals surface area contributed by atoms with Crippen LogP contribution in [-0.2, 0) is 17.6 Å². The maximum atomic E-state index is 13.6. The monoisotopic (exact) mass is 478 g/mol. The second-order valence-corrected chi connectivity index (χ2v) is 11.9. The molecule has 3 N–H and O–H groups in total. The van der Waals surface area contributed by atoms with E-state index in [1.54, 1.807) is 0 Å². The van der Waals surface area contributed by atoms with Gasteiger partial charge in [-0.3, -0.25) is 9.59 Å². The number of thiophene rings is 1. The van der Waals surface area contributed by atoms with E-state index in [0.29, 0.717) is 16.5 Å². The predicted molar refractivity (Wildman–Crippen MR) is 138 cm³/mol. The highest BCUT2D eigenvalue weighted by Crippen LogP contribution is 2.45. The fourth-order valence-electron chi connectivity index (χ4n) is 4.39. The summed E-state index contributed by atoms with van der Waals surface area (Å²) in [6, 6.07) is 19.6. The van der Waals surface area contributed by atoms with E-state index in [-0.39, 0.29) is 11.3 Å². The Balaban J connectivity index is 1.64. The quantitative estimate of drug-likeness (QED) is 0.399. The summed E-state index contributed by atoms with van der Waals surface area (Å²) < 4.78 is 0. The number of amides is 2. The van der Waals surface area contributed by atoms with Gasteiger partial charge in [0.2, 0.25) is 5.91 Å². The van der Waals surface area contributed by atoms with Gasteiger partial charge in [-0.15, -0.1) is 23.1 Å². The van der Waals surface area contributed by atoms with Crippen LogP contribution in [0.2, 0.25) is 0 Å². The zero-order valence-corrected chi connectivity index (χ0v) is 20.9. The summed E-state index contributed by atoms with van der Waals surface area (Å²) in [7, 11) is 0. The van der Waals surface area contributed by atoms with Crippen molar-refractivity contribution in [3.8, 4) is 0 Å². The fourth-order valence-corrected chi connectivity index (χ4v) is 6.77. The zero-order valence-electron chi connectivity index (χ0n) is 19.3. The summed E-state index contributed by atoms with van der Waals surface area (Å²) in [6.07, 6.45) is 2.76. The lowest BCUT2D eigenvalue weighted by molar-refractivity contribution is -0.115. The Labute approximate surface area is 204 Å². The molecule has 4 rings (SSSR count). The Bertz CT molecular complexity index is 1130. The minimum absolute atomic E-state index is 0.150. The van der Waals surface area contributed by atoms with Crippen molar-refractivity contribution in [3.63, 3.8) is 0 Å². The Morgan fingerprint density at radius 3 is 2.30 bits per heavy atom. The van der Waals surface area contributed by atoms with Gasteiger partial charge in [0.05, 0.1) is 5.56 Å². The maximum absolute atomic E-state index is 13.6. The van der Waals surface area contributed by atoms with Crippen LogP contribution in [0.3, 0.4) is 0 Å². The lowest BCUT2D eigenvalue weighted by atomic mass is 9.72. The molecular weight excluding hydrogens is 448 g/mol. The van der Waals surface area contributed by atoms with Crippen molar-refractivity contribution in [2.45, 2.75) is 50.2 Å². The van der Waals surface area contributed by atoms with E-state index in [4.69, 9.17) is 5.73 Å². The molecule has 4 nitrogen and oxygen atoms in total. The van der Waals surface area contributed by atoms with Crippen LogP contribution in [0.4, 0.5) is 5.00 Å². The summed E-state index contributed by atoms with van der Waals surface area (Å²) in [5.74, 6) is -0.0777.